The lowest BCUT2D eigenvalue weighted by Gasteiger charge is -2.10. The van der Waals surface area contributed by atoms with E-state index in [9.17, 15) is 9.18 Å². The van der Waals surface area contributed by atoms with Crippen molar-refractivity contribution in [1.29, 1.82) is 0 Å². The summed E-state index contributed by atoms with van der Waals surface area (Å²) in [5.41, 5.74) is 0. The molecule has 0 aliphatic heterocycles. The number of para-hydroxylation sites is 1. The van der Waals surface area contributed by atoms with Gasteiger partial charge in [0.15, 0.2) is 24.0 Å². The Kier molecular flexibility index (Phi) is 5.93. The quantitative estimate of drug-likeness (QED) is 0.587. The lowest BCUT2D eigenvalue weighted by atomic mass is 10.3. The topological polar surface area (TPSA) is 94.0 Å². The highest BCUT2D eigenvalue weighted by Crippen LogP contribution is 2.14. The second kappa shape index (κ2) is 8.75. The maximum absolute atomic E-state index is 13.4. The number of hydrogen-bond donors (Lipinski definition) is 2. The average Bonchev–Trinajstić information content (AvgIpc) is 3.19. The first-order valence-corrected chi connectivity index (χ1v) is 8.35. The second-order valence-corrected chi connectivity index (χ2v) is 5.61. The number of rotatable bonds is 8. The third kappa shape index (κ3) is 5.24. The predicted molar refractivity (Wildman–Crippen MR) is 97.3 cm³/mol. The fourth-order valence-corrected chi connectivity index (χ4v) is 2.31. The van der Waals surface area contributed by atoms with Gasteiger partial charge in [0.2, 0.25) is 0 Å². The number of aryl methyl sites for hydroxylation is 1. The molecule has 0 fully saturated rings. The monoisotopic (exact) mass is 370 g/mol. The molecule has 0 bridgehead atoms. The van der Waals surface area contributed by atoms with Gasteiger partial charge in [-0.05, 0) is 25.1 Å². The van der Waals surface area contributed by atoms with Gasteiger partial charge < -0.3 is 15.4 Å². The Balaban J connectivity index is 1.43. The molecule has 140 valence electrons. The Labute approximate surface area is 155 Å². The smallest absolute Gasteiger partial charge is 0.258 e. The minimum atomic E-state index is -0.501. The highest BCUT2D eigenvalue weighted by atomic mass is 19.1. The van der Waals surface area contributed by atoms with Crippen molar-refractivity contribution in [3.05, 3.63) is 60.4 Å². The van der Waals surface area contributed by atoms with Crippen LogP contribution in [0.4, 0.5) is 10.2 Å². The van der Waals surface area contributed by atoms with Crippen LogP contribution in [-0.2, 0) is 4.79 Å². The van der Waals surface area contributed by atoms with E-state index in [0.29, 0.717) is 30.5 Å². The number of amides is 1. The van der Waals surface area contributed by atoms with Gasteiger partial charge in [0.25, 0.3) is 5.91 Å². The number of halogens is 1. The highest BCUT2D eigenvalue weighted by Gasteiger charge is 2.07. The van der Waals surface area contributed by atoms with Crippen molar-refractivity contribution in [2.24, 2.45) is 0 Å². The van der Waals surface area contributed by atoms with Gasteiger partial charge in [-0.2, -0.15) is 5.10 Å². The molecule has 1 amide bonds. The molecule has 3 rings (SSSR count). The summed E-state index contributed by atoms with van der Waals surface area (Å²) in [5, 5.41) is 9.95. The van der Waals surface area contributed by atoms with Gasteiger partial charge in [0, 0.05) is 31.5 Å². The van der Waals surface area contributed by atoms with E-state index in [4.69, 9.17) is 4.74 Å². The molecular formula is C18H19FN6O2. The van der Waals surface area contributed by atoms with E-state index in [1.807, 2.05) is 6.07 Å². The van der Waals surface area contributed by atoms with E-state index >= 15 is 0 Å². The van der Waals surface area contributed by atoms with E-state index in [2.05, 4.69) is 25.7 Å². The first-order valence-electron chi connectivity index (χ1n) is 8.35. The van der Waals surface area contributed by atoms with Crippen LogP contribution in [0, 0.1) is 12.7 Å². The third-order valence-corrected chi connectivity index (χ3v) is 3.51. The molecule has 0 aliphatic carbocycles. The molecular weight excluding hydrogens is 351 g/mol. The first-order chi connectivity index (χ1) is 13.1. The van der Waals surface area contributed by atoms with Crippen LogP contribution in [0.15, 0.2) is 48.8 Å². The molecule has 0 atom stereocenters. The third-order valence-electron chi connectivity index (χ3n) is 3.51. The fourth-order valence-electron chi connectivity index (χ4n) is 2.31. The molecule has 0 aliphatic rings. The molecule has 1 aromatic carbocycles. The van der Waals surface area contributed by atoms with E-state index in [1.54, 1.807) is 42.2 Å². The highest BCUT2D eigenvalue weighted by molar-refractivity contribution is 5.77. The average molecular weight is 370 g/mol. The number of nitrogens with one attached hydrogen (secondary N) is 2. The van der Waals surface area contributed by atoms with Crippen LogP contribution in [0.25, 0.3) is 5.82 Å². The van der Waals surface area contributed by atoms with Gasteiger partial charge >= 0.3 is 0 Å². The lowest BCUT2D eigenvalue weighted by Crippen LogP contribution is -2.32. The van der Waals surface area contributed by atoms with Crippen LogP contribution in [0.1, 0.15) is 5.82 Å². The molecule has 0 unspecified atom stereocenters. The van der Waals surface area contributed by atoms with Gasteiger partial charge in [-0.15, -0.1) is 0 Å². The van der Waals surface area contributed by atoms with Crippen molar-refractivity contribution in [2.45, 2.75) is 6.92 Å². The maximum atomic E-state index is 13.4. The molecule has 8 nitrogen and oxygen atoms in total. The minimum Gasteiger partial charge on any atom is -0.481 e. The molecule has 2 N–H and O–H groups in total. The summed E-state index contributed by atoms with van der Waals surface area (Å²) in [4.78, 5) is 20.4. The summed E-state index contributed by atoms with van der Waals surface area (Å²) in [6.07, 6.45) is 3.46. The maximum Gasteiger partial charge on any atom is 0.258 e. The van der Waals surface area contributed by atoms with Gasteiger partial charge in [0.05, 0.1) is 0 Å². The van der Waals surface area contributed by atoms with Crippen LogP contribution in [0.5, 0.6) is 5.75 Å². The van der Waals surface area contributed by atoms with E-state index in [-0.39, 0.29) is 18.3 Å². The number of anilines is 1. The van der Waals surface area contributed by atoms with E-state index in [0.717, 1.165) is 0 Å². The van der Waals surface area contributed by atoms with Crippen molar-refractivity contribution >= 4 is 11.7 Å². The second-order valence-electron chi connectivity index (χ2n) is 5.61. The molecule has 0 saturated carbocycles. The van der Waals surface area contributed by atoms with Crippen molar-refractivity contribution in [3.63, 3.8) is 0 Å². The lowest BCUT2D eigenvalue weighted by molar-refractivity contribution is -0.123. The molecule has 9 heteroatoms. The number of carbonyl (C=O) groups is 1. The van der Waals surface area contributed by atoms with Crippen LogP contribution in [0.3, 0.4) is 0 Å². The normalized spacial score (nSPS) is 10.4. The molecule has 27 heavy (non-hydrogen) atoms. The van der Waals surface area contributed by atoms with Crippen LogP contribution in [-0.4, -0.2) is 45.4 Å². The molecule has 2 heterocycles. The number of benzene rings is 1. The van der Waals surface area contributed by atoms with Crippen LogP contribution >= 0.6 is 0 Å². The van der Waals surface area contributed by atoms with Crippen molar-refractivity contribution in [1.82, 2.24) is 25.1 Å². The molecule has 3 aromatic rings. The summed E-state index contributed by atoms with van der Waals surface area (Å²) in [6, 6.07) is 9.52. The number of ether oxygens (including phenoxy) is 1. The first kappa shape index (κ1) is 18.3. The van der Waals surface area contributed by atoms with Gasteiger partial charge in [-0.3, -0.25) is 4.79 Å². The Hall–Kier alpha value is -3.49. The summed E-state index contributed by atoms with van der Waals surface area (Å²) in [5.74, 6) is 1.10. The minimum absolute atomic E-state index is 0.0494. The van der Waals surface area contributed by atoms with Crippen LogP contribution in [0.2, 0.25) is 0 Å². The Morgan fingerprint density at radius 3 is 2.85 bits per heavy atom. The van der Waals surface area contributed by atoms with Gasteiger partial charge in [-0.1, -0.05) is 12.1 Å². The van der Waals surface area contributed by atoms with Crippen molar-refractivity contribution < 1.29 is 13.9 Å². The van der Waals surface area contributed by atoms with Crippen LogP contribution < -0.4 is 15.4 Å². The molecule has 2 aromatic heterocycles. The number of carbonyl (C=O) groups excluding carboxylic acids is 1. The summed E-state index contributed by atoms with van der Waals surface area (Å²) in [6.45, 7) is 2.36. The van der Waals surface area contributed by atoms with Gasteiger partial charge in [-0.25, -0.2) is 19.0 Å². The molecule has 0 radical (unpaired) electrons. The largest absolute Gasteiger partial charge is 0.481 e. The van der Waals surface area contributed by atoms with Crippen molar-refractivity contribution in [2.75, 3.05) is 25.0 Å². The predicted octanol–water partition coefficient (Wildman–Crippen LogP) is 1.72. The Bertz CT molecular complexity index is 901. The van der Waals surface area contributed by atoms with Crippen molar-refractivity contribution in [3.8, 4) is 11.6 Å². The van der Waals surface area contributed by atoms with E-state index in [1.165, 1.54) is 12.1 Å². The zero-order chi connectivity index (χ0) is 19.1. The Morgan fingerprint density at radius 1 is 1.22 bits per heavy atom. The number of nitrogens with zero attached hydrogens (tertiary/aromatic N) is 4. The zero-order valence-electron chi connectivity index (χ0n) is 14.7. The zero-order valence-corrected chi connectivity index (χ0v) is 14.7. The fraction of sp³-hybridized carbons (Fsp3) is 0.222. The standard InChI is InChI=1S/C18H19FN6O2/c1-13-23-16(11-17(24-13)25-10-4-7-22-25)20-8-9-21-18(26)12-27-15-6-3-2-5-14(15)19/h2-7,10-11H,8-9,12H2,1H3,(H,21,26)(H,20,23,24). The molecule has 0 spiro atoms. The summed E-state index contributed by atoms with van der Waals surface area (Å²) < 4.78 is 20.2. The number of aromatic nitrogens is 4. The van der Waals surface area contributed by atoms with Gasteiger partial charge in [0.1, 0.15) is 11.6 Å². The summed E-state index contributed by atoms with van der Waals surface area (Å²) in [7, 11) is 0. The number of hydrogen-bond acceptors (Lipinski definition) is 6. The Morgan fingerprint density at radius 2 is 2.07 bits per heavy atom. The van der Waals surface area contributed by atoms with E-state index < -0.39 is 5.82 Å². The summed E-state index contributed by atoms with van der Waals surface area (Å²) >= 11 is 0. The SMILES string of the molecule is Cc1nc(NCCNC(=O)COc2ccccc2F)cc(-n2cccn2)n1. The molecule has 0 saturated heterocycles.